The Morgan fingerprint density at radius 3 is 2.40 bits per heavy atom. The van der Waals surface area contributed by atoms with Crippen LogP contribution in [-0.2, 0) is 39.8 Å². The molecule has 332 valence electrons. The van der Waals surface area contributed by atoms with E-state index in [4.69, 9.17) is 23.7 Å². The molecule has 4 aliphatic rings. The van der Waals surface area contributed by atoms with Crippen LogP contribution in [-0.4, -0.2) is 146 Å². The number of aliphatic hydroxyl groups excluding tert-OH is 1. The van der Waals surface area contributed by atoms with E-state index in [0.717, 1.165) is 16.0 Å². The number of Topliss-reactive ketones (excluding diaryl/α,β-unsaturated/α-hetero) is 1. The number of esters is 1. The van der Waals surface area contributed by atoms with E-state index in [0.29, 0.717) is 31.6 Å². The number of hydrogen-bond donors (Lipinski definition) is 1. The molecule has 2 aromatic rings. The summed E-state index contributed by atoms with van der Waals surface area (Å²) in [6, 6.07) is 8.85. The Labute approximate surface area is 354 Å². The van der Waals surface area contributed by atoms with E-state index in [9.17, 15) is 24.7 Å². The minimum Gasteiger partial charge on any atom is -0.623 e. The molecule has 2 bridgehead atoms. The first-order chi connectivity index (χ1) is 28.3. The monoisotopic (exact) mass is 838 g/mol. The van der Waals surface area contributed by atoms with Crippen LogP contribution < -0.4 is 0 Å². The summed E-state index contributed by atoms with van der Waals surface area (Å²) in [6.45, 7) is 15.1. The largest absolute Gasteiger partial charge is 0.623 e. The lowest BCUT2D eigenvalue weighted by Crippen LogP contribution is -2.61. The van der Waals surface area contributed by atoms with Crippen molar-refractivity contribution in [1.29, 1.82) is 0 Å². The molecule has 0 radical (unpaired) electrons. The van der Waals surface area contributed by atoms with Crippen LogP contribution in [0.15, 0.2) is 42.9 Å². The average molecular weight is 839 g/mol. The number of fused-ring (bicyclic) bond motifs is 1. The summed E-state index contributed by atoms with van der Waals surface area (Å²) in [5.74, 6) is -4.45. The fraction of sp³-hybridized carbons (Fsp3) is 0.705. The Hall–Kier alpha value is -3.93. The highest BCUT2D eigenvalue weighted by Gasteiger charge is 2.63. The van der Waals surface area contributed by atoms with Crippen molar-refractivity contribution in [2.75, 3.05) is 34.4 Å². The second-order valence-electron chi connectivity index (χ2n) is 18.0. The highest BCUT2D eigenvalue weighted by Crippen LogP contribution is 2.45. The van der Waals surface area contributed by atoms with Crippen LogP contribution in [0.3, 0.4) is 0 Å². The molecule has 6 rings (SSSR count). The van der Waals surface area contributed by atoms with Gasteiger partial charge < -0.3 is 43.5 Å². The number of ketones is 1. The Bertz CT molecular complexity index is 1880. The van der Waals surface area contributed by atoms with E-state index in [1.807, 2.05) is 94.7 Å². The normalized spacial score (nSPS) is 37.2. The first kappa shape index (κ1) is 45.6. The minimum absolute atomic E-state index is 0.164. The minimum atomic E-state index is -1.40. The molecule has 60 heavy (non-hydrogen) atoms. The van der Waals surface area contributed by atoms with Gasteiger partial charge in [-0.25, -0.2) is 14.8 Å². The molecule has 1 N–H and O–H groups in total. The van der Waals surface area contributed by atoms with Gasteiger partial charge in [0.15, 0.2) is 23.4 Å². The van der Waals surface area contributed by atoms with Gasteiger partial charge in [0.2, 0.25) is 6.67 Å². The van der Waals surface area contributed by atoms with Crippen molar-refractivity contribution in [3.63, 3.8) is 0 Å². The smallest absolute Gasteiger partial charge is 0.425 e. The first-order valence-electron chi connectivity index (χ1n) is 21.5. The molecule has 5 heterocycles. The Kier molecular flexibility index (Phi) is 13.8. The summed E-state index contributed by atoms with van der Waals surface area (Å²) < 4.78 is 34.7. The molecule has 16 nitrogen and oxygen atoms in total. The van der Waals surface area contributed by atoms with Crippen molar-refractivity contribution in [3.05, 3.63) is 48.1 Å². The SMILES string of the molecule is CC[C@H]1OC(=O)[C@H](C)C(=O)[C@H](C)[C@@H](O[C@@H]2O[C@H](C)C[C@H](N(C)C)[C@H]2O)[C@@](C)(OC)C[C@@H](C)C2=[N+]([O-])CN(CCCn3cnc(-c4ccccc4)c3)N3C(=O)O[C@@]1(C)[C@H]3[C@H]2C. The molecule has 1 amide bonds. The number of carbonyl (C=O) groups excluding carboxylic acids is 3. The number of aryl methyl sites for hydroxylation is 1. The van der Waals surface area contributed by atoms with Crippen LogP contribution in [0, 0.1) is 28.9 Å². The van der Waals surface area contributed by atoms with Gasteiger partial charge in [-0.1, -0.05) is 58.0 Å². The first-order valence-corrected chi connectivity index (χ1v) is 21.5. The van der Waals surface area contributed by atoms with E-state index in [1.54, 1.807) is 30.2 Å². The predicted molar refractivity (Wildman–Crippen MR) is 222 cm³/mol. The van der Waals surface area contributed by atoms with E-state index >= 15 is 0 Å². The molecular weight excluding hydrogens is 773 g/mol. The molecular formula is C44H66N6O10. The maximum absolute atomic E-state index is 14.7. The standard InChI is InChI=1S/C44H66N6O10/c1-12-34-44(8)38-28(4)35(49(55)25-48(50(38)42(54)60-44)20-16-19-47-23-32(45-24-47)31-17-14-13-15-18-31)26(2)22-43(7,56-11)39(29(5)36(51)30(6)40(53)58-34)59-41-37(52)33(46(9)10)21-27(3)57-41/h13-15,17-18,23-24,26-30,33-34,37-39,41,52H,12,16,19-22,25H2,1-11H3/t26-,27-,28+,29+,30-,33+,34-,37-,38-,39-,41+,43+,44-/m1/s1. The number of methoxy groups -OCH3 is 1. The van der Waals surface area contributed by atoms with Crippen LogP contribution in [0.1, 0.15) is 81.1 Å². The number of benzene rings is 1. The van der Waals surface area contributed by atoms with Crippen molar-refractivity contribution in [2.45, 2.75) is 142 Å². The second kappa shape index (κ2) is 18.2. The van der Waals surface area contributed by atoms with Crippen LogP contribution in [0.4, 0.5) is 4.79 Å². The van der Waals surface area contributed by atoms with Crippen LogP contribution in [0.5, 0.6) is 0 Å². The topological polar surface area (TPSA) is 171 Å². The molecule has 0 spiro atoms. The van der Waals surface area contributed by atoms with Crippen molar-refractivity contribution in [2.24, 2.45) is 23.7 Å². The van der Waals surface area contributed by atoms with Gasteiger partial charge in [0, 0.05) is 49.8 Å². The number of hydrogen-bond acceptors (Lipinski definition) is 13. The van der Waals surface area contributed by atoms with Crippen molar-refractivity contribution < 1.29 is 47.9 Å². The number of carbonyl (C=O) groups is 3. The molecule has 1 aromatic carbocycles. The Balaban J connectivity index is 1.38. The molecule has 16 heteroatoms. The lowest BCUT2D eigenvalue weighted by atomic mass is 9.73. The number of nitrogens with zero attached hydrogens (tertiary/aromatic N) is 6. The molecule has 0 unspecified atom stereocenters. The maximum atomic E-state index is 14.7. The third-order valence-corrected chi connectivity index (χ3v) is 13.5. The van der Waals surface area contributed by atoms with Crippen LogP contribution in [0.25, 0.3) is 11.3 Å². The van der Waals surface area contributed by atoms with Crippen molar-refractivity contribution in [3.8, 4) is 11.3 Å². The number of cyclic esters (lactones) is 1. The molecule has 4 aliphatic heterocycles. The molecule has 13 atom stereocenters. The summed E-state index contributed by atoms with van der Waals surface area (Å²) in [6.07, 6.45) is 0.300. The maximum Gasteiger partial charge on any atom is 0.425 e. The van der Waals surface area contributed by atoms with Gasteiger partial charge in [-0.05, 0) is 67.5 Å². The highest BCUT2D eigenvalue weighted by molar-refractivity contribution is 6.00. The van der Waals surface area contributed by atoms with Gasteiger partial charge in [-0.3, -0.25) is 9.59 Å². The highest BCUT2D eigenvalue weighted by atomic mass is 16.7. The summed E-state index contributed by atoms with van der Waals surface area (Å²) >= 11 is 0. The van der Waals surface area contributed by atoms with Crippen LogP contribution in [0.2, 0.25) is 0 Å². The zero-order chi connectivity index (χ0) is 43.8. The number of imidazole rings is 1. The molecule has 0 saturated carbocycles. The number of ether oxygens (including phenoxy) is 5. The number of hydroxylamine groups is 1. The van der Waals surface area contributed by atoms with Gasteiger partial charge in [0.05, 0.1) is 35.7 Å². The molecule has 3 saturated heterocycles. The summed E-state index contributed by atoms with van der Waals surface area (Å²) in [5, 5.41) is 29.5. The number of likely N-dealkylation sites (N-methyl/N-ethyl adjacent to an activating group) is 1. The van der Waals surface area contributed by atoms with Gasteiger partial charge in [-0.15, -0.1) is 0 Å². The van der Waals surface area contributed by atoms with Gasteiger partial charge in [0.1, 0.15) is 24.2 Å². The van der Waals surface area contributed by atoms with Crippen molar-refractivity contribution in [1.82, 2.24) is 24.5 Å². The number of hydrazine groups is 1. The number of amides is 1. The fourth-order valence-electron chi connectivity index (χ4n) is 10.3. The summed E-state index contributed by atoms with van der Waals surface area (Å²) in [4.78, 5) is 49.2. The quantitative estimate of drug-likeness (QED) is 0.151. The van der Waals surface area contributed by atoms with Gasteiger partial charge in [-0.2, -0.15) is 9.75 Å². The van der Waals surface area contributed by atoms with E-state index < -0.39 is 83.4 Å². The zero-order valence-corrected chi connectivity index (χ0v) is 37.1. The predicted octanol–water partition coefficient (Wildman–Crippen LogP) is 4.71. The summed E-state index contributed by atoms with van der Waals surface area (Å²) in [7, 11) is 5.29. The lowest BCUT2D eigenvalue weighted by molar-refractivity contribution is -0.494. The Morgan fingerprint density at radius 2 is 1.75 bits per heavy atom. The third kappa shape index (κ3) is 8.73. The summed E-state index contributed by atoms with van der Waals surface area (Å²) in [5.41, 5.74) is -0.297. The third-order valence-electron chi connectivity index (χ3n) is 13.5. The second-order valence-corrected chi connectivity index (χ2v) is 18.0. The number of aliphatic hydroxyl groups is 1. The van der Waals surface area contributed by atoms with Gasteiger partial charge >= 0.3 is 12.1 Å². The number of aromatic nitrogens is 2. The lowest BCUT2D eigenvalue weighted by Gasteiger charge is -2.47. The Morgan fingerprint density at radius 1 is 1.05 bits per heavy atom. The van der Waals surface area contributed by atoms with E-state index in [1.165, 1.54) is 14.0 Å². The number of rotatable bonds is 10. The van der Waals surface area contributed by atoms with Gasteiger partial charge in [0.25, 0.3) is 0 Å². The molecule has 0 aliphatic carbocycles. The zero-order valence-electron chi connectivity index (χ0n) is 37.1. The fourth-order valence-corrected chi connectivity index (χ4v) is 10.3. The average Bonchev–Trinajstić information content (AvgIpc) is 3.76. The molecule has 3 fully saturated rings. The van der Waals surface area contributed by atoms with Crippen LogP contribution >= 0.6 is 0 Å². The molecule has 1 aromatic heterocycles. The van der Waals surface area contributed by atoms with E-state index in [-0.39, 0.29) is 31.7 Å². The van der Waals surface area contributed by atoms with E-state index in [2.05, 4.69) is 4.98 Å². The van der Waals surface area contributed by atoms with Crippen molar-refractivity contribution >= 4 is 23.6 Å².